The molecule has 3 aromatic rings. The summed E-state index contributed by atoms with van der Waals surface area (Å²) < 4.78 is 6.65. The molecule has 0 unspecified atom stereocenters. The lowest BCUT2D eigenvalue weighted by Crippen LogP contribution is -2.30. The Labute approximate surface area is 185 Å². The molecular formula is C24H27N3O3S. The van der Waals surface area contributed by atoms with Crippen LogP contribution in [-0.4, -0.2) is 40.6 Å². The molecule has 0 bridgehead atoms. The lowest BCUT2D eigenvalue weighted by atomic mass is 9.97. The first kappa shape index (κ1) is 20.4. The van der Waals surface area contributed by atoms with Gasteiger partial charge in [0.2, 0.25) is 0 Å². The molecule has 0 amide bonds. The van der Waals surface area contributed by atoms with E-state index in [1.165, 1.54) is 36.8 Å². The van der Waals surface area contributed by atoms with E-state index in [1.54, 1.807) is 23.5 Å². The fraction of sp³-hybridized carbons (Fsp3) is 0.458. The van der Waals surface area contributed by atoms with Crippen molar-refractivity contribution in [3.8, 4) is 0 Å². The zero-order valence-corrected chi connectivity index (χ0v) is 18.7. The molecule has 3 heterocycles. The van der Waals surface area contributed by atoms with Crippen LogP contribution < -0.4 is 5.56 Å². The van der Waals surface area contributed by atoms with E-state index in [1.807, 2.05) is 16.7 Å². The molecule has 1 saturated heterocycles. The van der Waals surface area contributed by atoms with Crippen molar-refractivity contribution >= 4 is 27.5 Å². The number of nitrogens with zero attached hydrogens (tertiary/aromatic N) is 3. The van der Waals surface area contributed by atoms with Gasteiger partial charge in [-0.15, -0.1) is 11.3 Å². The summed E-state index contributed by atoms with van der Waals surface area (Å²) in [6.45, 7) is 3.27. The number of aromatic nitrogens is 2. The van der Waals surface area contributed by atoms with E-state index in [0.29, 0.717) is 18.7 Å². The zero-order chi connectivity index (χ0) is 21.4. The zero-order valence-electron chi connectivity index (χ0n) is 17.9. The number of benzene rings is 1. The smallest absolute Gasteiger partial charge is 0.337 e. The summed E-state index contributed by atoms with van der Waals surface area (Å²) in [5.41, 5.74) is 2.79. The van der Waals surface area contributed by atoms with Crippen LogP contribution in [0.15, 0.2) is 29.1 Å². The number of methoxy groups -OCH3 is 1. The number of hydrogen-bond acceptors (Lipinski definition) is 6. The van der Waals surface area contributed by atoms with Crippen molar-refractivity contribution in [2.24, 2.45) is 0 Å². The third-order valence-corrected chi connectivity index (χ3v) is 7.62. The topological polar surface area (TPSA) is 64.4 Å². The number of likely N-dealkylation sites (tertiary alicyclic amines) is 1. The van der Waals surface area contributed by atoms with Crippen LogP contribution in [0.25, 0.3) is 10.2 Å². The van der Waals surface area contributed by atoms with Crippen LogP contribution in [0.5, 0.6) is 0 Å². The molecule has 2 aliphatic rings. The number of thiophene rings is 1. The van der Waals surface area contributed by atoms with Gasteiger partial charge in [-0.2, -0.15) is 0 Å². The maximum atomic E-state index is 13.7. The normalized spacial score (nSPS) is 16.5. The van der Waals surface area contributed by atoms with Gasteiger partial charge in [-0.05, 0) is 74.9 Å². The van der Waals surface area contributed by atoms with Gasteiger partial charge in [0.05, 0.1) is 31.1 Å². The van der Waals surface area contributed by atoms with E-state index in [9.17, 15) is 9.59 Å². The SMILES string of the molecule is COC(=O)c1ccc(Cn2c(CN3CCCC3)nc3sc4c(c3c2=O)CCCC4)cc1. The first-order valence-electron chi connectivity index (χ1n) is 11.1. The van der Waals surface area contributed by atoms with Crippen molar-refractivity contribution < 1.29 is 9.53 Å². The predicted molar refractivity (Wildman–Crippen MR) is 122 cm³/mol. The highest BCUT2D eigenvalue weighted by atomic mass is 32.1. The molecule has 0 atom stereocenters. The lowest BCUT2D eigenvalue weighted by Gasteiger charge is -2.19. The highest BCUT2D eigenvalue weighted by Crippen LogP contribution is 2.34. The largest absolute Gasteiger partial charge is 0.465 e. The van der Waals surface area contributed by atoms with E-state index < -0.39 is 0 Å². The summed E-state index contributed by atoms with van der Waals surface area (Å²) in [7, 11) is 1.38. The van der Waals surface area contributed by atoms with Gasteiger partial charge < -0.3 is 4.74 Å². The molecule has 1 aromatic carbocycles. The number of rotatable bonds is 5. The van der Waals surface area contributed by atoms with Crippen LogP contribution >= 0.6 is 11.3 Å². The Hall–Kier alpha value is -2.51. The summed E-state index contributed by atoms with van der Waals surface area (Å²) in [4.78, 5) is 35.1. The van der Waals surface area contributed by atoms with Gasteiger partial charge in [-0.25, -0.2) is 9.78 Å². The van der Waals surface area contributed by atoms with Crippen molar-refractivity contribution in [1.82, 2.24) is 14.5 Å². The van der Waals surface area contributed by atoms with Crippen LogP contribution in [-0.2, 0) is 30.7 Å². The number of ether oxygens (including phenoxy) is 1. The van der Waals surface area contributed by atoms with Crippen molar-refractivity contribution in [2.75, 3.05) is 20.2 Å². The van der Waals surface area contributed by atoms with E-state index in [4.69, 9.17) is 9.72 Å². The number of fused-ring (bicyclic) bond motifs is 3. The molecule has 6 nitrogen and oxygen atoms in total. The van der Waals surface area contributed by atoms with Crippen molar-refractivity contribution in [3.63, 3.8) is 0 Å². The fourth-order valence-electron chi connectivity index (χ4n) is 4.75. The Balaban J connectivity index is 1.57. The minimum atomic E-state index is -0.355. The Morgan fingerprint density at radius 2 is 1.81 bits per heavy atom. The second kappa shape index (κ2) is 8.55. The summed E-state index contributed by atoms with van der Waals surface area (Å²) >= 11 is 1.71. The van der Waals surface area contributed by atoms with Gasteiger partial charge in [0, 0.05) is 4.88 Å². The third-order valence-electron chi connectivity index (χ3n) is 6.43. The first-order valence-corrected chi connectivity index (χ1v) is 11.9. The molecule has 1 aliphatic carbocycles. The molecule has 7 heteroatoms. The molecule has 0 spiro atoms. The van der Waals surface area contributed by atoms with Gasteiger partial charge in [0.25, 0.3) is 5.56 Å². The monoisotopic (exact) mass is 437 g/mol. The van der Waals surface area contributed by atoms with Crippen molar-refractivity contribution in [2.45, 2.75) is 51.6 Å². The Morgan fingerprint density at radius 1 is 1.06 bits per heavy atom. The Kier molecular flexibility index (Phi) is 5.63. The van der Waals surface area contributed by atoms with Gasteiger partial charge in [-0.3, -0.25) is 14.3 Å². The van der Waals surface area contributed by atoms with Gasteiger partial charge >= 0.3 is 5.97 Å². The average Bonchev–Trinajstić information content (AvgIpc) is 3.43. The van der Waals surface area contributed by atoms with Crippen molar-refractivity contribution in [1.29, 1.82) is 0 Å². The molecule has 1 aliphatic heterocycles. The maximum Gasteiger partial charge on any atom is 0.337 e. The first-order chi connectivity index (χ1) is 15.1. The highest BCUT2D eigenvalue weighted by molar-refractivity contribution is 7.18. The molecule has 162 valence electrons. The van der Waals surface area contributed by atoms with E-state index in [-0.39, 0.29) is 11.5 Å². The predicted octanol–water partition coefficient (Wildman–Crippen LogP) is 3.77. The number of carbonyl (C=O) groups is 1. The van der Waals surface area contributed by atoms with Gasteiger partial charge in [0.15, 0.2) is 0 Å². The minimum Gasteiger partial charge on any atom is -0.465 e. The Morgan fingerprint density at radius 3 is 2.55 bits per heavy atom. The molecule has 0 saturated carbocycles. The maximum absolute atomic E-state index is 13.7. The molecule has 31 heavy (non-hydrogen) atoms. The summed E-state index contributed by atoms with van der Waals surface area (Å²) in [5.74, 6) is 0.487. The van der Waals surface area contributed by atoms with Crippen LogP contribution in [0.1, 0.15) is 57.9 Å². The second-order valence-corrected chi connectivity index (χ2v) is 9.57. The molecule has 0 N–H and O–H groups in total. The van der Waals surface area contributed by atoms with Gasteiger partial charge in [0.1, 0.15) is 10.7 Å². The van der Waals surface area contributed by atoms with Gasteiger partial charge in [-0.1, -0.05) is 12.1 Å². The molecule has 5 rings (SSSR count). The average molecular weight is 438 g/mol. The summed E-state index contributed by atoms with van der Waals surface area (Å²) in [5, 5.41) is 0.830. The van der Waals surface area contributed by atoms with E-state index in [0.717, 1.165) is 54.0 Å². The number of carbonyl (C=O) groups excluding carboxylic acids is 1. The third kappa shape index (κ3) is 3.92. The quantitative estimate of drug-likeness (QED) is 0.569. The second-order valence-electron chi connectivity index (χ2n) is 8.48. The highest BCUT2D eigenvalue weighted by Gasteiger charge is 2.23. The molecule has 0 radical (unpaired) electrons. The summed E-state index contributed by atoms with van der Waals surface area (Å²) in [6.07, 6.45) is 6.78. The number of hydrogen-bond donors (Lipinski definition) is 0. The van der Waals surface area contributed by atoms with Crippen LogP contribution in [0.4, 0.5) is 0 Å². The molecule has 2 aromatic heterocycles. The van der Waals surface area contributed by atoms with Crippen LogP contribution in [0, 0.1) is 0 Å². The standard InChI is InChI=1S/C24H27N3O3S/c1-30-24(29)17-10-8-16(9-11-17)14-27-20(15-26-12-4-5-13-26)25-22-21(23(27)28)18-6-2-3-7-19(18)31-22/h8-11H,2-7,12-15H2,1H3. The Bertz CT molecular complexity index is 1170. The molecule has 1 fully saturated rings. The van der Waals surface area contributed by atoms with Crippen LogP contribution in [0.2, 0.25) is 0 Å². The van der Waals surface area contributed by atoms with Crippen molar-refractivity contribution in [3.05, 3.63) is 62.0 Å². The number of aryl methyl sites for hydroxylation is 2. The summed E-state index contributed by atoms with van der Waals surface area (Å²) in [6, 6.07) is 7.30. The lowest BCUT2D eigenvalue weighted by molar-refractivity contribution is 0.0600. The van der Waals surface area contributed by atoms with E-state index >= 15 is 0 Å². The minimum absolute atomic E-state index is 0.0793. The van der Waals surface area contributed by atoms with Crippen LogP contribution in [0.3, 0.4) is 0 Å². The molecular weight excluding hydrogens is 410 g/mol. The van der Waals surface area contributed by atoms with E-state index in [2.05, 4.69) is 4.90 Å². The number of esters is 1. The fourth-order valence-corrected chi connectivity index (χ4v) is 6.02.